The number of methoxy groups -OCH3 is 1. The molecule has 0 radical (unpaired) electrons. The molecular weight excluding hydrogens is 423 g/mol. The van der Waals surface area contributed by atoms with Crippen molar-refractivity contribution in [1.29, 1.82) is 0 Å². The first-order valence-corrected chi connectivity index (χ1v) is 10.6. The Bertz CT molecular complexity index is 1090. The van der Waals surface area contributed by atoms with Crippen LogP contribution in [0.15, 0.2) is 42.5 Å². The van der Waals surface area contributed by atoms with Gasteiger partial charge in [-0.05, 0) is 61.9 Å². The lowest BCUT2D eigenvalue weighted by Gasteiger charge is -2.28. The van der Waals surface area contributed by atoms with Crippen molar-refractivity contribution in [2.75, 3.05) is 18.6 Å². The molecule has 0 aromatic heterocycles. The monoisotopic (exact) mass is 442 g/mol. The maximum atomic E-state index is 13.6. The molecule has 160 valence electrons. The normalized spacial score (nSPS) is 27.5. The lowest BCUT2D eigenvalue weighted by Crippen LogP contribution is -2.46. The Morgan fingerprint density at radius 2 is 1.81 bits per heavy atom. The highest BCUT2D eigenvalue weighted by atomic mass is 35.5. The van der Waals surface area contributed by atoms with Crippen LogP contribution in [-0.2, 0) is 9.59 Å². The van der Waals surface area contributed by atoms with Crippen molar-refractivity contribution in [3.05, 3.63) is 58.9 Å². The predicted molar refractivity (Wildman–Crippen MR) is 112 cm³/mol. The number of rotatable bonds is 4. The highest BCUT2D eigenvalue weighted by Crippen LogP contribution is 2.49. The number of Topliss-reactive ketones (excluding diaryl/α,β-unsaturated/α-hetero) is 1. The number of carbonyl (C=O) groups is 3. The summed E-state index contributed by atoms with van der Waals surface area (Å²) >= 11 is 6.13. The van der Waals surface area contributed by atoms with Crippen LogP contribution in [0.5, 0.6) is 5.75 Å². The fourth-order valence-corrected chi connectivity index (χ4v) is 5.54. The van der Waals surface area contributed by atoms with Gasteiger partial charge in [0.2, 0.25) is 11.8 Å². The molecule has 3 aliphatic rings. The summed E-state index contributed by atoms with van der Waals surface area (Å²) in [5.41, 5.74) is 0.619. The molecule has 3 aliphatic heterocycles. The maximum absolute atomic E-state index is 13.6. The van der Waals surface area contributed by atoms with Crippen LogP contribution in [0.1, 0.15) is 23.2 Å². The van der Waals surface area contributed by atoms with Crippen LogP contribution in [-0.4, -0.2) is 48.2 Å². The van der Waals surface area contributed by atoms with Crippen molar-refractivity contribution in [2.24, 2.45) is 11.8 Å². The number of fused-ring (bicyclic) bond motifs is 3. The summed E-state index contributed by atoms with van der Waals surface area (Å²) in [7, 11) is 1.46. The fourth-order valence-electron chi connectivity index (χ4n) is 5.38. The summed E-state index contributed by atoms with van der Waals surface area (Å²) in [4.78, 5) is 43.6. The van der Waals surface area contributed by atoms with Gasteiger partial charge in [-0.1, -0.05) is 11.6 Å². The minimum Gasteiger partial charge on any atom is -0.495 e. The van der Waals surface area contributed by atoms with E-state index in [0.29, 0.717) is 22.9 Å². The first-order valence-electron chi connectivity index (χ1n) is 10.2. The summed E-state index contributed by atoms with van der Waals surface area (Å²) in [6.07, 6.45) is 1.59. The topological polar surface area (TPSA) is 66.9 Å². The van der Waals surface area contributed by atoms with Crippen LogP contribution in [0.25, 0.3) is 0 Å². The molecule has 31 heavy (non-hydrogen) atoms. The van der Waals surface area contributed by atoms with E-state index in [1.54, 1.807) is 12.1 Å². The van der Waals surface area contributed by atoms with E-state index in [4.69, 9.17) is 16.3 Å². The van der Waals surface area contributed by atoms with Gasteiger partial charge in [-0.2, -0.15) is 0 Å². The molecule has 2 aromatic carbocycles. The molecule has 0 saturated carbocycles. The van der Waals surface area contributed by atoms with Gasteiger partial charge in [0.05, 0.1) is 30.7 Å². The number of benzene rings is 2. The van der Waals surface area contributed by atoms with Gasteiger partial charge in [-0.25, -0.2) is 9.29 Å². The Morgan fingerprint density at radius 3 is 2.52 bits per heavy atom. The molecule has 0 spiro atoms. The summed E-state index contributed by atoms with van der Waals surface area (Å²) < 4.78 is 18.7. The van der Waals surface area contributed by atoms with Crippen LogP contribution < -0.4 is 9.64 Å². The predicted octanol–water partition coefficient (Wildman–Crippen LogP) is 3.32. The van der Waals surface area contributed by atoms with E-state index in [0.717, 1.165) is 17.7 Å². The summed E-state index contributed by atoms with van der Waals surface area (Å²) in [5.74, 6) is -2.50. The minimum atomic E-state index is -0.793. The first-order chi connectivity index (χ1) is 14.9. The van der Waals surface area contributed by atoms with Gasteiger partial charge in [-0.3, -0.25) is 19.3 Å². The van der Waals surface area contributed by atoms with Gasteiger partial charge in [0.15, 0.2) is 5.78 Å². The van der Waals surface area contributed by atoms with E-state index in [1.807, 2.05) is 4.90 Å². The number of nitrogens with zero attached hydrogens (tertiary/aromatic N) is 2. The van der Waals surface area contributed by atoms with Gasteiger partial charge in [-0.15, -0.1) is 0 Å². The first kappa shape index (κ1) is 20.2. The highest BCUT2D eigenvalue weighted by molar-refractivity contribution is 6.32. The number of anilines is 1. The number of amides is 2. The zero-order chi connectivity index (χ0) is 21.9. The van der Waals surface area contributed by atoms with Crippen molar-refractivity contribution in [1.82, 2.24) is 4.90 Å². The molecule has 5 rings (SSSR count). The Kier molecular flexibility index (Phi) is 4.83. The average molecular weight is 443 g/mol. The second-order valence-corrected chi connectivity index (χ2v) is 8.58. The maximum Gasteiger partial charge on any atom is 0.239 e. The third-order valence-electron chi connectivity index (χ3n) is 6.63. The standard InChI is InChI=1S/C23H20ClFN2O4/c1-31-17-9-6-13(24)11-16(17)27-22(29)18-15-3-2-10-26(15)20(19(18)23(27)30)21(28)12-4-7-14(25)8-5-12/h4-9,11,15,18-20H,2-3,10H2,1H3/t15-,18-,19-,20+/m0/s1. The molecule has 4 atom stereocenters. The number of halogens is 2. The van der Waals surface area contributed by atoms with E-state index in [9.17, 15) is 18.8 Å². The number of hydrogen-bond donors (Lipinski definition) is 0. The van der Waals surface area contributed by atoms with Gasteiger partial charge in [0.25, 0.3) is 0 Å². The van der Waals surface area contributed by atoms with Crippen molar-refractivity contribution in [3.63, 3.8) is 0 Å². The van der Waals surface area contributed by atoms with Crippen LogP contribution in [0, 0.1) is 17.7 Å². The van der Waals surface area contributed by atoms with E-state index in [-0.39, 0.29) is 23.4 Å². The third-order valence-corrected chi connectivity index (χ3v) is 6.87. The molecule has 0 unspecified atom stereocenters. The van der Waals surface area contributed by atoms with Gasteiger partial charge in [0, 0.05) is 16.6 Å². The van der Waals surface area contributed by atoms with Crippen LogP contribution >= 0.6 is 11.6 Å². The Hall–Kier alpha value is -2.77. The van der Waals surface area contributed by atoms with E-state index in [1.165, 1.54) is 37.4 Å². The zero-order valence-corrected chi connectivity index (χ0v) is 17.5. The summed E-state index contributed by atoms with van der Waals surface area (Å²) in [6.45, 7) is 0.649. The molecule has 0 bridgehead atoms. The molecule has 8 heteroatoms. The Balaban J connectivity index is 1.57. The summed E-state index contributed by atoms with van der Waals surface area (Å²) in [5, 5.41) is 0.370. The number of hydrogen-bond acceptors (Lipinski definition) is 5. The quantitative estimate of drug-likeness (QED) is 0.536. The van der Waals surface area contributed by atoms with Crippen LogP contribution in [0.3, 0.4) is 0 Å². The molecule has 3 saturated heterocycles. The van der Waals surface area contributed by atoms with Gasteiger partial charge >= 0.3 is 0 Å². The molecule has 0 aliphatic carbocycles. The minimum absolute atomic E-state index is 0.175. The molecule has 2 aromatic rings. The van der Waals surface area contributed by atoms with Crippen molar-refractivity contribution < 1.29 is 23.5 Å². The molecule has 0 N–H and O–H groups in total. The second-order valence-electron chi connectivity index (χ2n) is 8.14. The molecule has 3 fully saturated rings. The van der Waals surface area contributed by atoms with Crippen LogP contribution in [0.4, 0.5) is 10.1 Å². The van der Waals surface area contributed by atoms with Crippen LogP contribution in [0.2, 0.25) is 5.02 Å². The SMILES string of the molecule is COc1ccc(Cl)cc1N1C(=O)[C@@H]2[C@H](C1=O)[C@H](C(=O)c1ccc(F)cc1)N1CCC[C@@H]21. The molecule has 3 heterocycles. The number of carbonyl (C=O) groups excluding carboxylic acids is 3. The van der Waals surface area contributed by atoms with Gasteiger partial charge in [0.1, 0.15) is 11.6 Å². The Morgan fingerprint density at radius 1 is 1.10 bits per heavy atom. The van der Waals surface area contributed by atoms with E-state index < -0.39 is 29.6 Å². The highest BCUT2D eigenvalue weighted by Gasteiger charge is 2.65. The number of ketones is 1. The van der Waals surface area contributed by atoms with E-state index >= 15 is 0 Å². The second kappa shape index (κ2) is 7.43. The average Bonchev–Trinajstić information content (AvgIpc) is 3.40. The van der Waals surface area contributed by atoms with Crippen molar-refractivity contribution in [2.45, 2.75) is 24.9 Å². The molecule has 2 amide bonds. The number of ether oxygens (including phenoxy) is 1. The Labute approximate surface area is 183 Å². The van der Waals surface area contributed by atoms with E-state index in [2.05, 4.69) is 0 Å². The third kappa shape index (κ3) is 2.98. The largest absolute Gasteiger partial charge is 0.495 e. The number of imide groups is 1. The lowest BCUT2D eigenvalue weighted by atomic mass is 9.85. The summed E-state index contributed by atoms with van der Waals surface area (Å²) in [6, 6.07) is 9.13. The van der Waals surface area contributed by atoms with Crippen molar-refractivity contribution in [3.8, 4) is 5.75 Å². The zero-order valence-electron chi connectivity index (χ0n) is 16.8. The van der Waals surface area contributed by atoms with Gasteiger partial charge < -0.3 is 4.74 Å². The fraction of sp³-hybridized carbons (Fsp3) is 0.348. The molecular formula is C23H20ClFN2O4. The molecule has 6 nitrogen and oxygen atoms in total. The van der Waals surface area contributed by atoms with Crippen molar-refractivity contribution >= 4 is 34.9 Å². The lowest BCUT2D eigenvalue weighted by molar-refractivity contribution is -0.123. The smallest absolute Gasteiger partial charge is 0.239 e.